The summed E-state index contributed by atoms with van der Waals surface area (Å²) in [6.07, 6.45) is 0.465. The number of hydrogen-bond donors (Lipinski definition) is 0. The Kier molecular flexibility index (Phi) is 1.36. The van der Waals surface area contributed by atoms with E-state index in [9.17, 15) is 0 Å². The second kappa shape index (κ2) is 1.43. The maximum Gasteiger partial charge on any atom is 0.0829 e. The molecule has 0 bridgehead atoms. The Morgan fingerprint density at radius 1 is 1.83 bits per heavy atom. The molecule has 34 valence electrons. The second-order valence-corrected chi connectivity index (χ2v) is 1.53. The zero-order chi connectivity index (χ0) is 5.21. The summed E-state index contributed by atoms with van der Waals surface area (Å²) >= 11 is 0. The van der Waals surface area contributed by atoms with Gasteiger partial charge >= 0.3 is 0 Å². The van der Waals surface area contributed by atoms with Gasteiger partial charge in [-0.15, -0.1) is 0 Å². The minimum absolute atomic E-state index is 0.465. The molecule has 0 amide bonds. The van der Waals surface area contributed by atoms with E-state index in [4.69, 9.17) is 5.73 Å². The van der Waals surface area contributed by atoms with Crippen LogP contribution in [0, 0.1) is 20.8 Å². The molecule has 0 aliphatic rings. The van der Waals surface area contributed by atoms with E-state index in [0.717, 1.165) is 0 Å². The first-order valence-corrected chi connectivity index (χ1v) is 1.81. The topological polar surface area (TPSA) is 23.8 Å². The van der Waals surface area contributed by atoms with Crippen LogP contribution in [-0.2, 0) is 0 Å². The average molecular weight is 83.1 g/mol. The Balaban J connectivity index is 3.17. The minimum Gasteiger partial charge on any atom is -0.657 e. The van der Waals surface area contributed by atoms with Gasteiger partial charge in [0.25, 0.3) is 0 Å². The molecule has 0 saturated carbocycles. The van der Waals surface area contributed by atoms with Crippen LogP contribution in [0.25, 0.3) is 5.73 Å². The molecule has 0 saturated heterocycles. The standard InChI is InChI=1S/C5H9N/c1-4-5(2,3)6/h6H,1-4H2. The molecule has 0 spiro atoms. The summed E-state index contributed by atoms with van der Waals surface area (Å²) in [6.45, 7) is 10.2. The lowest BCUT2D eigenvalue weighted by Gasteiger charge is -2.21. The summed E-state index contributed by atoms with van der Waals surface area (Å²) < 4.78 is 0. The van der Waals surface area contributed by atoms with Gasteiger partial charge in [-0.2, -0.15) is 0 Å². The second-order valence-electron chi connectivity index (χ2n) is 1.53. The SMILES string of the molecule is [CH2+]CC([CH2+])([CH2-])[NH-]. The molecule has 0 atom stereocenters. The van der Waals surface area contributed by atoms with E-state index < -0.39 is 5.54 Å². The van der Waals surface area contributed by atoms with E-state index >= 15 is 0 Å². The van der Waals surface area contributed by atoms with Crippen molar-refractivity contribution < 1.29 is 0 Å². The van der Waals surface area contributed by atoms with Gasteiger partial charge in [0.2, 0.25) is 0 Å². The van der Waals surface area contributed by atoms with Crippen molar-refractivity contribution in [3.63, 3.8) is 0 Å². The normalized spacial score (nSPS) is 19.7. The van der Waals surface area contributed by atoms with Crippen molar-refractivity contribution in [1.29, 1.82) is 0 Å². The van der Waals surface area contributed by atoms with Gasteiger partial charge in [-0.05, 0) is 0 Å². The number of rotatable bonds is 1. The molecular weight excluding hydrogens is 74.1 g/mol. The number of hydrogen-bond acceptors (Lipinski definition) is 0. The summed E-state index contributed by atoms with van der Waals surface area (Å²) in [4.78, 5) is 0. The minimum atomic E-state index is -0.819. The highest BCUT2D eigenvalue weighted by molar-refractivity contribution is 5.00. The van der Waals surface area contributed by atoms with Crippen LogP contribution in [0.4, 0.5) is 0 Å². The first-order chi connectivity index (χ1) is 2.56. The zero-order valence-corrected chi connectivity index (χ0v) is 3.83. The van der Waals surface area contributed by atoms with Crippen LogP contribution in [0.3, 0.4) is 0 Å². The lowest BCUT2D eigenvalue weighted by molar-refractivity contribution is 0.777. The van der Waals surface area contributed by atoms with E-state index in [-0.39, 0.29) is 0 Å². The van der Waals surface area contributed by atoms with Crippen molar-refractivity contribution in [3.05, 3.63) is 26.5 Å². The molecule has 0 aromatic heterocycles. The highest BCUT2D eigenvalue weighted by Gasteiger charge is 1.99. The molecular formula is C5H9N. The number of nitrogens with one attached hydrogen (secondary N) is 1. The van der Waals surface area contributed by atoms with E-state index in [1.165, 1.54) is 0 Å². The smallest absolute Gasteiger partial charge is 0.0829 e. The van der Waals surface area contributed by atoms with Crippen molar-refractivity contribution in [2.45, 2.75) is 12.0 Å². The fourth-order valence-corrected chi connectivity index (χ4v) is 0. The summed E-state index contributed by atoms with van der Waals surface area (Å²) in [5, 5.41) is 0. The highest BCUT2D eigenvalue weighted by Crippen LogP contribution is 2.07. The van der Waals surface area contributed by atoms with Crippen LogP contribution in [0.2, 0.25) is 0 Å². The Morgan fingerprint density at radius 2 is 2.00 bits per heavy atom. The first kappa shape index (κ1) is 5.70. The summed E-state index contributed by atoms with van der Waals surface area (Å²) in [7, 11) is 0. The van der Waals surface area contributed by atoms with Crippen LogP contribution >= 0.6 is 0 Å². The van der Waals surface area contributed by atoms with E-state index in [2.05, 4.69) is 20.8 Å². The highest BCUT2D eigenvalue weighted by atomic mass is 14.7. The largest absolute Gasteiger partial charge is 0.657 e. The van der Waals surface area contributed by atoms with Gasteiger partial charge in [0.05, 0.1) is 13.3 Å². The van der Waals surface area contributed by atoms with Crippen LogP contribution in [-0.4, -0.2) is 5.54 Å². The van der Waals surface area contributed by atoms with Crippen molar-refractivity contribution in [2.24, 2.45) is 0 Å². The Morgan fingerprint density at radius 3 is 2.00 bits per heavy atom. The predicted octanol–water partition coefficient (Wildman–Crippen LogP) is 1.67. The van der Waals surface area contributed by atoms with E-state index in [1.54, 1.807) is 0 Å². The molecule has 0 aliphatic carbocycles. The van der Waals surface area contributed by atoms with Gasteiger partial charge in [-0.3, -0.25) is 0 Å². The van der Waals surface area contributed by atoms with Gasteiger partial charge in [0.15, 0.2) is 0 Å². The lowest BCUT2D eigenvalue weighted by Crippen LogP contribution is -2.10. The summed E-state index contributed by atoms with van der Waals surface area (Å²) in [5.41, 5.74) is 6.08. The molecule has 1 heteroatoms. The fourth-order valence-electron chi connectivity index (χ4n) is 0. The third-order valence-electron chi connectivity index (χ3n) is 0.479. The molecule has 1 N–H and O–H groups in total. The molecule has 0 aliphatic heterocycles. The lowest BCUT2D eigenvalue weighted by atomic mass is 10.1. The third-order valence-corrected chi connectivity index (χ3v) is 0.479. The van der Waals surface area contributed by atoms with Crippen molar-refractivity contribution >= 4 is 0 Å². The molecule has 1 nitrogen and oxygen atoms in total. The van der Waals surface area contributed by atoms with Crippen LogP contribution in [0.1, 0.15) is 6.42 Å². The average Bonchev–Trinajstić information content (AvgIpc) is 1.35. The Hall–Kier alpha value is -0.300. The van der Waals surface area contributed by atoms with Crippen molar-refractivity contribution in [2.75, 3.05) is 0 Å². The van der Waals surface area contributed by atoms with Gasteiger partial charge in [-0.25, -0.2) is 0 Å². The summed E-state index contributed by atoms with van der Waals surface area (Å²) in [6, 6.07) is 0. The van der Waals surface area contributed by atoms with Crippen molar-refractivity contribution in [3.8, 4) is 0 Å². The Bertz CT molecular complexity index is 33.7. The van der Waals surface area contributed by atoms with Gasteiger partial charge in [0.1, 0.15) is 0 Å². The quantitative estimate of drug-likeness (QED) is 0.430. The van der Waals surface area contributed by atoms with Crippen molar-refractivity contribution in [1.82, 2.24) is 0 Å². The van der Waals surface area contributed by atoms with Crippen LogP contribution in [0.5, 0.6) is 0 Å². The molecule has 0 aromatic rings. The molecule has 0 radical (unpaired) electrons. The third kappa shape index (κ3) is 3.70. The zero-order valence-electron chi connectivity index (χ0n) is 3.83. The molecule has 0 rings (SSSR count). The molecule has 0 fully saturated rings. The van der Waals surface area contributed by atoms with Gasteiger partial charge in [0, 0.05) is 6.92 Å². The van der Waals surface area contributed by atoms with Gasteiger partial charge in [-0.1, -0.05) is 5.54 Å². The first-order valence-electron chi connectivity index (χ1n) is 1.81. The molecule has 0 unspecified atom stereocenters. The maximum absolute atomic E-state index is 6.90. The van der Waals surface area contributed by atoms with Crippen LogP contribution in [0.15, 0.2) is 0 Å². The molecule has 6 heavy (non-hydrogen) atoms. The van der Waals surface area contributed by atoms with Crippen LogP contribution < -0.4 is 0 Å². The van der Waals surface area contributed by atoms with E-state index in [0.29, 0.717) is 6.42 Å². The Labute approximate surface area is 39.5 Å². The molecule has 0 aromatic carbocycles. The van der Waals surface area contributed by atoms with E-state index in [1.807, 2.05) is 0 Å². The predicted molar refractivity (Wildman–Crippen MR) is 27.7 cm³/mol. The summed E-state index contributed by atoms with van der Waals surface area (Å²) in [5.74, 6) is 0. The molecule has 0 heterocycles. The van der Waals surface area contributed by atoms with Gasteiger partial charge < -0.3 is 12.7 Å². The monoisotopic (exact) mass is 83.1 g/mol. The fraction of sp³-hybridized carbons (Fsp3) is 0.400. The maximum atomic E-state index is 6.90.